The van der Waals surface area contributed by atoms with Crippen LogP contribution < -0.4 is 0 Å². The Labute approximate surface area is 114 Å². The van der Waals surface area contributed by atoms with Gasteiger partial charge in [0.1, 0.15) is 12.9 Å². The number of methoxy groups -OCH3 is 1. The van der Waals surface area contributed by atoms with E-state index in [0.29, 0.717) is 24.7 Å². The molecular weight excluding hydrogens is 248 g/mol. The first kappa shape index (κ1) is 14.8. The summed E-state index contributed by atoms with van der Waals surface area (Å²) in [6, 6.07) is 0. The number of rotatable bonds is 6. The summed E-state index contributed by atoms with van der Waals surface area (Å²) in [7, 11) is 1.56. The molecule has 2 fully saturated rings. The molecule has 2 rings (SSSR count). The number of aliphatic hydroxyl groups is 1. The van der Waals surface area contributed by atoms with Crippen LogP contribution in [0.3, 0.4) is 0 Å². The van der Waals surface area contributed by atoms with Crippen molar-refractivity contribution in [1.29, 1.82) is 0 Å². The van der Waals surface area contributed by atoms with Gasteiger partial charge >= 0.3 is 5.97 Å². The lowest BCUT2D eigenvalue weighted by atomic mass is 9.92. The zero-order chi connectivity index (χ0) is 14.0. The number of carbonyl (C=O) groups is 1. The smallest absolute Gasteiger partial charge is 0.311 e. The van der Waals surface area contributed by atoms with Crippen molar-refractivity contribution in [3.8, 4) is 0 Å². The monoisotopic (exact) mass is 272 g/mol. The Hall–Kier alpha value is -0.650. The first-order valence-corrected chi connectivity index (χ1v) is 7.02. The second-order valence-electron chi connectivity index (χ2n) is 5.87. The Morgan fingerprint density at radius 2 is 2.11 bits per heavy atom. The third kappa shape index (κ3) is 3.68. The zero-order valence-corrected chi connectivity index (χ0v) is 11.9. The van der Waals surface area contributed by atoms with E-state index in [0.717, 1.165) is 6.42 Å². The fraction of sp³-hybridized carbons (Fsp3) is 0.929. The van der Waals surface area contributed by atoms with Crippen molar-refractivity contribution in [1.82, 2.24) is 0 Å². The van der Waals surface area contributed by atoms with E-state index < -0.39 is 0 Å². The highest BCUT2D eigenvalue weighted by molar-refractivity contribution is 5.73. The van der Waals surface area contributed by atoms with Gasteiger partial charge in [0.15, 0.2) is 0 Å². The van der Waals surface area contributed by atoms with Crippen LogP contribution in [0.15, 0.2) is 0 Å². The van der Waals surface area contributed by atoms with Crippen LogP contribution in [0.1, 0.15) is 33.1 Å². The number of carbonyl (C=O) groups excluding carboxylic acids is 1. The molecule has 0 aromatic carbocycles. The highest BCUT2D eigenvalue weighted by Gasteiger charge is 2.42. The molecule has 6 atom stereocenters. The van der Waals surface area contributed by atoms with E-state index in [9.17, 15) is 9.90 Å². The second kappa shape index (κ2) is 6.20. The van der Waals surface area contributed by atoms with Crippen molar-refractivity contribution in [2.75, 3.05) is 13.9 Å². The topological polar surface area (TPSA) is 65.0 Å². The van der Waals surface area contributed by atoms with Gasteiger partial charge in [0.05, 0.1) is 18.1 Å². The van der Waals surface area contributed by atoms with Gasteiger partial charge in [0, 0.05) is 20.0 Å². The van der Waals surface area contributed by atoms with Gasteiger partial charge in [-0.3, -0.25) is 4.79 Å². The maximum Gasteiger partial charge on any atom is 0.311 e. The van der Waals surface area contributed by atoms with Gasteiger partial charge in [-0.2, -0.15) is 0 Å². The third-order valence-electron chi connectivity index (χ3n) is 4.28. The minimum absolute atomic E-state index is 0.178. The van der Waals surface area contributed by atoms with Crippen molar-refractivity contribution in [2.45, 2.75) is 51.4 Å². The first-order chi connectivity index (χ1) is 9.02. The summed E-state index contributed by atoms with van der Waals surface area (Å²) in [5.41, 5.74) is 0. The molecule has 110 valence electrons. The lowest BCUT2D eigenvalue weighted by Gasteiger charge is -2.34. The Balaban J connectivity index is 1.85. The van der Waals surface area contributed by atoms with Crippen molar-refractivity contribution in [2.24, 2.45) is 17.8 Å². The number of hydrogen-bond donors (Lipinski definition) is 1. The van der Waals surface area contributed by atoms with Crippen LogP contribution in [0.5, 0.6) is 0 Å². The molecule has 2 aliphatic rings. The summed E-state index contributed by atoms with van der Waals surface area (Å²) >= 11 is 0. The molecule has 0 amide bonds. The van der Waals surface area contributed by atoms with E-state index in [1.165, 1.54) is 0 Å². The Morgan fingerprint density at radius 1 is 1.42 bits per heavy atom. The quantitative estimate of drug-likeness (QED) is 0.584. The summed E-state index contributed by atoms with van der Waals surface area (Å²) in [5.74, 6) is 0.446. The first-order valence-electron chi connectivity index (χ1n) is 7.02. The van der Waals surface area contributed by atoms with Crippen LogP contribution in [0.25, 0.3) is 0 Å². The number of ether oxygens (including phenoxy) is 3. The van der Waals surface area contributed by atoms with Gasteiger partial charge in [0.2, 0.25) is 0 Å². The predicted octanol–water partition coefficient (Wildman–Crippen LogP) is 1.33. The van der Waals surface area contributed by atoms with Crippen LogP contribution >= 0.6 is 0 Å². The molecule has 0 aromatic rings. The fourth-order valence-corrected chi connectivity index (χ4v) is 2.78. The van der Waals surface area contributed by atoms with Crippen LogP contribution in [-0.2, 0) is 19.0 Å². The average Bonchev–Trinajstić information content (AvgIpc) is 3.09. The number of aliphatic hydroxyl groups excluding tert-OH is 1. The summed E-state index contributed by atoms with van der Waals surface area (Å²) in [5, 5.41) is 10.1. The SMILES string of the molecule is COCO[C@H]1C[C@@H](C[C@H](O)[C@@H]2C[C@H]2C)OC(=O)[C@@H]1C. The predicted molar refractivity (Wildman–Crippen MR) is 68.3 cm³/mol. The molecule has 0 radical (unpaired) electrons. The lowest BCUT2D eigenvalue weighted by molar-refractivity contribution is -0.183. The van der Waals surface area contributed by atoms with E-state index >= 15 is 0 Å². The number of hydrogen-bond acceptors (Lipinski definition) is 5. The highest BCUT2D eigenvalue weighted by Crippen LogP contribution is 2.42. The molecule has 1 aliphatic heterocycles. The van der Waals surface area contributed by atoms with Crippen LogP contribution in [0, 0.1) is 17.8 Å². The van der Waals surface area contributed by atoms with Crippen molar-refractivity contribution in [3.05, 3.63) is 0 Å². The van der Waals surface area contributed by atoms with Crippen LogP contribution in [0.4, 0.5) is 0 Å². The molecule has 5 nitrogen and oxygen atoms in total. The summed E-state index contributed by atoms with van der Waals surface area (Å²) < 4.78 is 15.8. The molecule has 1 saturated carbocycles. The Morgan fingerprint density at radius 3 is 2.68 bits per heavy atom. The Bertz CT molecular complexity index is 319. The molecule has 0 aromatic heterocycles. The Kier molecular flexibility index (Phi) is 4.81. The molecule has 1 N–H and O–H groups in total. The molecule has 1 saturated heterocycles. The van der Waals surface area contributed by atoms with E-state index in [1.807, 2.05) is 0 Å². The zero-order valence-electron chi connectivity index (χ0n) is 11.9. The van der Waals surface area contributed by atoms with Gasteiger partial charge in [-0.15, -0.1) is 0 Å². The number of esters is 1. The fourth-order valence-electron chi connectivity index (χ4n) is 2.78. The van der Waals surface area contributed by atoms with Gasteiger partial charge in [0.25, 0.3) is 0 Å². The number of cyclic esters (lactones) is 1. The highest BCUT2D eigenvalue weighted by atomic mass is 16.7. The van der Waals surface area contributed by atoms with Gasteiger partial charge in [-0.05, 0) is 25.2 Å². The van der Waals surface area contributed by atoms with Gasteiger partial charge in [-0.1, -0.05) is 6.92 Å². The normalized spacial score (nSPS) is 39.8. The largest absolute Gasteiger partial charge is 0.462 e. The maximum atomic E-state index is 11.8. The van der Waals surface area contributed by atoms with Gasteiger partial charge in [-0.25, -0.2) is 0 Å². The minimum Gasteiger partial charge on any atom is -0.462 e. The molecule has 1 heterocycles. The van der Waals surface area contributed by atoms with Gasteiger partial charge < -0.3 is 19.3 Å². The van der Waals surface area contributed by atoms with Crippen LogP contribution in [-0.4, -0.2) is 43.3 Å². The van der Waals surface area contributed by atoms with Crippen molar-refractivity contribution >= 4 is 5.97 Å². The third-order valence-corrected chi connectivity index (χ3v) is 4.28. The molecule has 1 aliphatic carbocycles. The molecular formula is C14H24O5. The maximum absolute atomic E-state index is 11.8. The van der Waals surface area contributed by atoms with E-state index in [-0.39, 0.29) is 37.0 Å². The molecule has 19 heavy (non-hydrogen) atoms. The van der Waals surface area contributed by atoms with Crippen LogP contribution in [0.2, 0.25) is 0 Å². The summed E-state index contributed by atoms with van der Waals surface area (Å²) in [6.07, 6.45) is 1.42. The molecule has 0 unspecified atom stereocenters. The van der Waals surface area contributed by atoms with Crippen molar-refractivity contribution < 1.29 is 24.1 Å². The van der Waals surface area contributed by atoms with E-state index in [1.54, 1.807) is 14.0 Å². The standard InChI is InChI=1S/C14H24O5/c1-8-4-11(8)12(15)5-10-6-13(18-7-17-3)9(2)14(16)19-10/h8-13,15H,4-7H2,1-3H3/t8-,9-,10-,11-,12+,13+/m1/s1. The lowest BCUT2D eigenvalue weighted by Crippen LogP contribution is -2.43. The van der Waals surface area contributed by atoms with E-state index in [4.69, 9.17) is 14.2 Å². The second-order valence-corrected chi connectivity index (χ2v) is 5.87. The van der Waals surface area contributed by atoms with E-state index in [2.05, 4.69) is 6.92 Å². The van der Waals surface area contributed by atoms with Crippen molar-refractivity contribution in [3.63, 3.8) is 0 Å². The average molecular weight is 272 g/mol. The molecule has 5 heteroatoms. The summed E-state index contributed by atoms with van der Waals surface area (Å²) in [6.45, 7) is 4.11. The minimum atomic E-state index is -0.371. The molecule has 0 spiro atoms. The molecule has 0 bridgehead atoms. The summed E-state index contributed by atoms with van der Waals surface area (Å²) in [4.78, 5) is 11.8.